The lowest BCUT2D eigenvalue weighted by atomic mass is 10.2. The lowest BCUT2D eigenvalue weighted by molar-refractivity contribution is 0.0941. The maximum absolute atomic E-state index is 8.90. The van der Waals surface area contributed by atoms with Crippen LogP contribution in [0.3, 0.4) is 0 Å². The minimum absolute atomic E-state index is 0.152. The van der Waals surface area contributed by atoms with Crippen LogP contribution in [-0.4, -0.2) is 52.0 Å². The van der Waals surface area contributed by atoms with Gasteiger partial charge in [-0.05, 0) is 19.9 Å². The number of ether oxygens (including phenoxy) is 1. The highest BCUT2D eigenvalue weighted by Gasteiger charge is 2.20. The molecule has 0 aliphatic carbocycles. The van der Waals surface area contributed by atoms with Crippen LogP contribution in [0, 0.1) is 0 Å². The number of hydrogen-bond donors (Lipinski definition) is 2. The van der Waals surface area contributed by atoms with Crippen molar-refractivity contribution >= 4 is 11.8 Å². The van der Waals surface area contributed by atoms with Crippen LogP contribution in [0.4, 0.5) is 0 Å². The van der Waals surface area contributed by atoms with Crippen molar-refractivity contribution in [3.05, 3.63) is 5.82 Å². The van der Waals surface area contributed by atoms with Crippen LogP contribution >= 0.6 is 11.8 Å². The van der Waals surface area contributed by atoms with E-state index in [0.29, 0.717) is 12.3 Å². The molecule has 2 rings (SSSR count). The lowest BCUT2D eigenvalue weighted by Gasteiger charge is -2.14. The van der Waals surface area contributed by atoms with E-state index in [2.05, 4.69) is 20.1 Å². The molecule has 1 aromatic heterocycles. The highest BCUT2D eigenvalue weighted by Crippen LogP contribution is 2.21. The van der Waals surface area contributed by atoms with Crippen LogP contribution < -0.4 is 5.32 Å². The van der Waals surface area contributed by atoms with E-state index in [9.17, 15) is 0 Å². The Balaban J connectivity index is 2.08. The molecular weight excluding hydrogens is 252 g/mol. The third-order valence-electron chi connectivity index (χ3n) is 2.86. The fourth-order valence-corrected chi connectivity index (χ4v) is 2.74. The number of nitrogens with zero attached hydrogens (tertiary/aromatic N) is 3. The fraction of sp³-hybridized carbons (Fsp3) is 0.818. The van der Waals surface area contributed by atoms with E-state index in [1.807, 2.05) is 7.05 Å². The summed E-state index contributed by atoms with van der Waals surface area (Å²) in [5, 5.41) is 21.2. The molecular formula is C11H20N4O2S. The third-order valence-corrected chi connectivity index (χ3v) is 3.81. The SMILES string of the molecule is CNCc1nnc(SCCO)n1CC1CCCO1. The number of aromatic nitrogens is 3. The molecule has 0 saturated carbocycles. The van der Waals surface area contributed by atoms with Gasteiger partial charge in [0.1, 0.15) is 5.82 Å². The van der Waals surface area contributed by atoms with Gasteiger partial charge in [0.15, 0.2) is 5.16 Å². The van der Waals surface area contributed by atoms with Gasteiger partial charge in [-0.2, -0.15) is 0 Å². The topological polar surface area (TPSA) is 72.2 Å². The number of rotatable bonds is 7. The van der Waals surface area contributed by atoms with E-state index in [0.717, 1.165) is 37.0 Å². The van der Waals surface area contributed by atoms with E-state index in [1.165, 1.54) is 11.8 Å². The Morgan fingerprint density at radius 3 is 3.11 bits per heavy atom. The molecule has 0 spiro atoms. The lowest BCUT2D eigenvalue weighted by Crippen LogP contribution is -2.20. The summed E-state index contributed by atoms with van der Waals surface area (Å²) in [6.45, 7) is 2.50. The molecule has 2 heterocycles. The number of thioether (sulfide) groups is 1. The van der Waals surface area contributed by atoms with Gasteiger partial charge in [0.05, 0.1) is 25.8 Å². The van der Waals surface area contributed by atoms with Gasteiger partial charge in [0, 0.05) is 12.4 Å². The summed E-state index contributed by atoms with van der Waals surface area (Å²) in [5.74, 6) is 1.57. The van der Waals surface area contributed by atoms with Gasteiger partial charge < -0.3 is 19.7 Å². The van der Waals surface area contributed by atoms with Crippen molar-refractivity contribution in [3.8, 4) is 0 Å². The summed E-state index contributed by atoms with van der Waals surface area (Å²) in [6.07, 6.45) is 2.50. The predicted molar refractivity (Wildman–Crippen MR) is 69.6 cm³/mol. The molecule has 6 nitrogen and oxygen atoms in total. The molecule has 0 radical (unpaired) electrons. The standard InChI is InChI=1S/C11H20N4O2S/c1-12-7-10-13-14-11(18-6-4-16)15(10)8-9-3-2-5-17-9/h9,12,16H,2-8H2,1H3. The van der Waals surface area contributed by atoms with Crippen LogP contribution in [0.1, 0.15) is 18.7 Å². The van der Waals surface area contributed by atoms with Crippen molar-refractivity contribution in [2.45, 2.75) is 37.2 Å². The second-order valence-electron chi connectivity index (χ2n) is 4.25. The number of hydrogen-bond acceptors (Lipinski definition) is 6. The zero-order chi connectivity index (χ0) is 12.8. The molecule has 18 heavy (non-hydrogen) atoms. The predicted octanol–water partition coefficient (Wildman–Crippen LogP) is 0.261. The summed E-state index contributed by atoms with van der Waals surface area (Å²) in [7, 11) is 1.89. The molecule has 1 fully saturated rings. The summed E-state index contributed by atoms with van der Waals surface area (Å²) >= 11 is 1.53. The molecule has 1 aliphatic heterocycles. The average Bonchev–Trinajstić information content (AvgIpc) is 3.00. The van der Waals surface area contributed by atoms with Crippen molar-refractivity contribution in [1.82, 2.24) is 20.1 Å². The summed E-state index contributed by atoms with van der Waals surface area (Å²) in [4.78, 5) is 0. The van der Waals surface area contributed by atoms with Gasteiger partial charge >= 0.3 is 0 Å². The van der Waals surface area contributed by atoms with Crippen molar-refractivity contribution in [1.29, 1.82) is 0 Å². The highest BCUT2D eigenvalue weighted by atomic mass is 32.2. The average molecular weight is 272 g/mol. The van der Waals surface area contributed by atoms with Gasteiger partial charge in [-0.15, -0.1) is 10.2 Å². The van der Waals surface area contributed by atoms with Crippen LogP contribution in [0.15, 0.2) is 5.16 Å². The van der Waals surface area contributed by atoms with E-state index in [4.69, 9.17) is 9.84 Å². The molecule has 2 N–H and O–H groups in total. The van der Waals surface area contributed by atoms with Crippen molar-refractivity contribution in [2.75, 3.05) is 26.0 Å². The third kappa shape index (κ3) is 3.44. The Hall–Kier alpha value is -0.630. The Kier molecular flexibility index (Phi) is 5.43. The molecule has 102 valence electrons. The van der Waals surface area contributed by atoms with Crippen LogP contribution in [0.5, 0.6) is 0 Å². The summed E-state index contributed by atoms with van der Waals surface area (Å²) < 4.78 is 7.77. The molecule has 7 heteroatoms. The number of aliphatic hydroxyl groups is 1. The molecule has 1 atom stereocenters. The van der Waals surface area contributed by atoms with Gasteiger partial charge in [-0.25, -0.2) is 0 Å². The van der Waals surface area contributed by atoms with Crippen LogP contribution in [0.2, 0.25) is 0 Å². The van der Waals surface area contributed by atoms with Gasteiger partial charge in [0.2, 0.25) is 0 Å². The first-order chi connectivity index (χ1) is 8.85. The second kappa shape index (κ2) is 7.08. The van der Waals surface area contributed by atoms with Gasteiger partial charge in [0.25, 0.3) is 0 Å². The first kappa shape index (κ1) is 13.8. The zero-order valence-electron chi connectivity index (χ0n) is 10.6. The second-order valence-corrected chi connectivity index (χ2v) is 5.31. The smallest absolute Gasteiger partial charge is 0.191 e. The maximum Gasteiger partial charge on any atom is 0.191 e. The van der Waals surface area contributed by atoms with E-state index < -0.39 is 0 Å². The minimum Gasteiger partial charge on any atom is -0.396 e. The first-order valence-corrected chi connectivity index (χ1v) is 7.25. The normalized spacial score (nSPS) is 19.6. The molecule has 1 unspecified atom stereocenters. The van der Waals surface area contributed by atoms with Gasteiger partial charge in [-0.3, -0.25) is 0 Å². The van der Waals surface area contributed by atoms with Crippen LogP contribution in [0.25, 0.3) is 0 Å². The largest absolute Gasteiger partial charge is 0.396 e. The van der Waals surface area contributed by atoms with Crippen molar-refractivity contribution < 1.29 is 9.84 Å². The van der Waals surface area contributed by atoms with Crippen molar-refractivity contribution in [2.24, 2.45) is 0 Å². The molecule has 1 aromatic rings. The van der Waals surface area contributed by atoms with Crippen molar-refractivity contribution in [3.63, 3.8) is 0 Å². The van der Waals surface area contributed by atoms with E-state index in [1.54, 1.807) is 0 Å². The van der Waals surface area contributed by atoms with Gasteiger partial charge in [-0.1, -0.05) is 11.8 Å². The molecule has 1 aliphatic rings. The molecule has 0 amide bonds. The number of aliphatic hydroxyl groups excluding tert-OH is 1. The Labute approximate surface area is 111 Å². The fourth-order valence-electron chi connectivity index (χ4n) is 2.03. The minimum atomic E-state index is 0.152. The zero-order valence-corrected chi connectivity index (χ0v) is 11.4. The Bertz CT molecular complexity index is 366. The van der Waals surface area contributed by atoms with E-state index in [-0.39, 0.29) is 12.7 Å². The molecule has 0 bridgehead atoms. The monoisotopic (exact) mass is 272 g/mol. The highest BCUT2D eigenvalue weighted by molar-refractivity contribution is 7.99. The first-order valence-electron chi connectivity index (χ1n) is 6.27. The van der Waals surface area contributed by atoms with E-state index >= 15 is 0 Å². The van der Waals surface area contributed by atoms with Crippen LogP contribution in [-0.2, 0) is 17.8 Å². The molecule has 1 saturated heterocycles. The Morgan fingerprint density at radius 2 is 2.44 bits per heavy atom. The number of nitrogens with one attached hydrogen (secondary N) is 1. The quantitative estimate of drug-likeness (QED) is 0.694. The summed E-state index contributed by atoms with van der Waals surface area (Å²) in [5.41, 5.74) is 0. The molecule has 0 aromatic carbocycles. The summed E-state index contributed by atoms with van der Waals surface area (Å²) in [6, 6.07) is 0. The maximum atomic E-state index is 8.90. The Morgan fingerprint density at radius 1 is 1.56 bits per heavy atom.